The first-order chi connectivity index (χ1) is 10.2. The molecule has 1 atom stereocenters. The maximum absolute atomic E-state index is 10.7. The molecule has 3 nitrogen and oxygen atoms in total. The second-order valence-electron chi connectivity index (χ2n) is 6.41. The highest BCUT2D eigenvalue weighted by atomic mass is 28.3. The molecule has 0 aromatic heterocycles. The largest absolute Gasteiger partial charge is 0.459 e. The van der Waals surface area contributed by atoms with Gasteiger partial charge in [-0.15, -0.1) is 0 Å². The second-order valence-corrected chi connectivity index (χ2v) is 11.5. The van der Waals surface area contributed by atoms with Crippen molar-refractivity contribution in [1.29, 1.82) is 0 Å². The van der Waals surface area contributed by atoms with E-state index in [9.17, 15) is 4.79 Å². The van der Waals surface area contributed by atoms with Crippen molar-refractivity contribution in [2.75, 3.05) is 13.2 Å². The molecule has 0 amide bonds. The molecule has 1 heterocycles. The van der Waals surface area contributed by atoms with Gasteiger partial charge in [-0.2, -0.15) is 0 Å². The second kappa shape index (κ2) is 8.10. The first-order valence-corrected chi connectivity index (χ1v) is 10.9. The Morgan fingerprint density at radius 3 is 2.27 bits per heavy atom. The maximum Gasteiger partial charge on any atom is 0.333 e. The third-order valence-electron chi connectivity index (χ3n) is 3.16. The monoisotopic (exact) mass is 318 g/mol. The molecular formula is C18H26O3Si. The fourth-order valence-corrected chi connectivity index (χ4v) is 2.74. The lowest BCUT2D eigenvalue weighted by molar-refractivity contribution is -0.139. The van der Waals surface area contributed by atoms with Crippen LogP contribution in [0.25, 0.3) is 6.08 Å². The Hall–Kier alpha value is -1.65. The number of benzene rings is 1. The minimum absolute atomic E-state index is 0.142. The molecule has 1 aromatic rings. The molecule has 1 aliphatic heterocycles. The molecule has 4 heteroatoms. The van der Waals surface area contributed by atoms with Gasteiger partial charge in [-0.25, -0.2) is 4.79 Å². The number of rotatable bonds is 5. The van der Waals surface area contributed by atoms with Crippen molar-refractivity contribution in [2.24, 2.45) is 0 Å². The summed E-state index contributed by atoms with van der Waals surface area (Å²) < 4.78 is 9.60. The smallest absolute Gasteiger partial charge is 0.333 e. The van der Waals surface area contributed by atoms with Crippen molar-refractivity contribution >= 4 is 25.3 Å². The molecule has 22 heavy (non-hydrogen) atoms. The van der Waals surface area contributed by atoms with E-state index in [-0.39, 0.29) is 12.1 Å². The number of ether oxygens (including phenoxy) is 2. The van der Waals surface area contributed by atoms with Crippen LogP contribution in [-0.2, 0) is 14.3 Å². The normalized spacial score (nSPS) is 16.1. The molecule has 1 saturated heterocycles. The summed E-state index contributed by atoms with van der Waals surface area (Å²) in [6, 6.07) is 8.73. The van der Waals surface area contributed by atoms with Crippen molar-refractivity contribution < 1.29 is 14.3 Å². The highest BCUT2D eigenvalue weighted by molar-refractivity contribution is 6.88. The molecule has 0 spiro atoms. The Bertz CT molecular complexity index is 522. The Kier molecular flexibility index (Phi) is 6.78. The minimum Gasteiger partial charge on any atom is -0.459 e. The van der Waals surface area contributed by atoms with Crippen molar-refractivity contribution in [1.82, 2.24) is 0 Å². The summed E-state index contributed by atoms with van der Waals surface area (Å²) in [5.41, 5.74) is 1.64. The third-order valence-corrected chi connectivity index (χ3v) is 5.23. The summed E-state index contributed by atoms with van der Waals surface area (Å²) in [6.45, 7) is 16.9. The molecule has 0 bridgehead atoms. The summed E-state index contributed by atoms with van der Waals surface area (Å²) in [4.78, 5) is 10.7. The van der Waals surface area contributed by atoms with Gasteiger partial charge in [0.1, 0.15) is 12.7 Å². The molecular weight excluding hydrogens is 292 g/mol. The van der Waals surface area contributed by atoms with Crippen molar-refractivity contribution in [2.45, 2.75) is 32.7 Å². The van der Waals surface area contributed by atoms with Crippen molar-refractivity contribution in [3.8, 4) is 0 Å². The van der Waals surface area contributed by atoms with Gasteiger partial charge in [0.2, 0.25) is 0 Å². The van der Waals surface area contributed by atoms with Crippen LogP contribution in [0.3, 0.4) is 0 Å². The fourth-order valence-electron chi connectivity index (χ4n) is 1.58. The highest BCUT2D eigenvalue weighted by Crippen LogP contribution is 2.09. The van der Waals surface area contributed by atoms with Gasteiger partial charge in [-0.3, -0.25) is 0 Å². The topological polar surface area (TPSA) is 38.8 Å². The molecule has 120 valence electrons. The molecule has 0 aliphatic carbocycles. The lowest BCUT2D eigenvalue weighted by Gasteiger charge is -2.16. The van der Waals surface area contributed by atoms with Crippen LogP contribution < -0.4 is 5.19 Å². The van der Waals surface area contributed by atoms with E-state index in [4.69, 9.17) is 9.47 Å². The standard InChI is InChI=1S/C11H16Si.C7H10O3/c1-5-10-6-8-11(9-7-10)12(2,3)4;1-5(2)7(8)10-4-6-3-9-6/h5-9H,1H2,2-4H3;6H,1,3-4H2,2H3. The number of carbonyl (C=O) groups excluding carboxylic acids is 1. The Morgan fingerprint density at radius 2 is 1.91 bits per heavy atom. The van der Waals surface area contributed by atoms with Gasteiger partial charge in [-0.05, 0) is 12.5 Å². The Balaban J connectivity index is 0.000000224. The molecule has 0 saturated carbocycles. The van der Waals surface area contributed by atoms with Crippen LogP contribution in [0.15, 0.2) is 43.0 Å². The molecule has 0 N–H and O–H groups in total. The zero-order valence-electron chi connectivity index (χ0n) is 14.0. The van der Waals surface area contributed by atoms with Crippen LogP contribution in [0.4, 0.5) is 0 Å². The molecule has 1 unspecified atom stereocenters. The molecule has 1 fully saturated rings. The van der Waals surface area contributed by atoms with Crippen LogP contribution in [0.2, 0.25) is 19.6 Å². The zero-order chi connectivity index (χ0) is 16.8. The van der Waals surface area contributed by atoms with Crippen LogP contribution in [0.5, 0.6) is 0 Å². The zero-order valence-corrected chi connectivity index (χ0v) is 15.0. The summed E-state index contributed by atoms with van der Waals surface area (Å²) in [5, 5.41) is 1.51. The predicted molar refractivity (Wildman–Crippen MR) is 95.0 cm³/mol. The van der Waals surface area contributed by atoms with Crippen molar-refractivity contribution in [3.05, 3.63) is 48.6 Å². The van der Waals surface area contributed by atoms with Crippen LogP contribution in [0, 0.1) is 0 Å². The van der Waals surface area contributed by atoms with Gasteiger partial charge in [-0.1, -0.05) is 68.3 Å². The quantitative estimate of drug-likeness (QED) is 0.361. The summed E-state index contributed by atoms with van der Waals surface area (Å²) in [6.07, 6.45) is 2.02. The lowest BCUT2D eigenvalue weighted by atomic mass is 10.2. The van der Waals surface area contributed by atoms with Crippen LogP contribution in [-0.4, -0.2) is 33.4 Å². The minimum atomic E-state index is -1.10. The van der Waals surface area contributed by atoms with E-state index in [1.807, 2.05) is 6.08 Å². The molecule has 0 radical (unpaired) electrons. The number of carbonyl (C=O) groups is 1. The van der Waals surface area contributed by atoms with Gasteiger partial charge in [0, 0.05) is 5.57 Å². The van der Waals surface area contributed by atoms with Gasteiger partial charge in [0.15, 0.2) is 0 Å². The summed E-state index contributed by atoms with van der Waals surface area (Å²) in [5.74, 6) is -0.337. The number of esters is 1. The summed E-state index contributed by atoms with van der Waals surface area (Å²) in [7, 11) is -1.10. The van der Waals surface area contributed by atoms with Crippen LogP contribution in [0.1, 0.15) is 12.5 Å². The SMILES string of the molecule is C=C(C)C(=O)OCC1CO1.C=Cc1ccc([Si](C)(C)C)cc1. The number of hydrogen-bond donors (Lipinski definition) is 0. The summed E-state index contributed by atoms with van der Waals surface area (Å²) >= 11 is 0. The average molecular weight is 318 g/mol. The van der Waals surface area contributed by atoms with Gasteiger partial charge in [0.05, 0.1) is 14.7 Å². The third kappa shape index (κ3) is 6.87. The average Bonchev–Trinajstić information content (AvgIpc) is 3.28. The Labute approximate surface area is 134 Å². The van der Waals surface area contributed by atoms with Gasteiger partial charge in [0.25, 0.3) is 0 Å². The highest BCUT2D eigenvalue weighted by Gasteiger charge is 2.24. The Morgan fingerprint density at radius 1 is 1.36 bits per heavy atom. The van der Waals surface area contributed by atoms with Gasteiger partial charge < -0.3 is 9.47 Å². The number of hydrogen-bond acceptors (Lipinski definition) is 3. The molecule has 1 aromatic carbocycles. The van der Waals surface area contributed by atoms with E-state index in [1.54, 1.807) is 6.92 Å². The van der Waals surface area contributed by atoms with Gasteiger partial charge >= 0.3 is 5.97 Å². The lowest BCUT2D eigenvalue weighted by Crippen LogP contribution is -2.37. The number of epoxide rings is 1. The van der Waals surface area contributed by atoms with E-state index in [1.165, 1.54) is 10.8 Å². The van der Waals surface area contributed by atoms with E-state index in [0.29, 0.717) is 18.8 Å². The first kappa shape index (κ1) is 18.4. The van der Waals surface area contributed by atoms with Crippen LogP contribution >= 0.6 is 0 Å². The maximum atomic E-state index is 10.7. The van der Waals surface area contributed by atoms with Crippen molar-refractivity contribution in [3.63, 3.8) is 0 Å². The van der Waals surface area contributed by atoms with E-state index in [2.05, 4.69) is 57.1 Å². The fraction of sp³-hybridized carbons (Fsp3) is 0.389. The van der Waals surface area contributed by atoms with E-state index in [0.717, 1.165) is 0 Å². The first-order valence-electron chi connectivity index (χ1n) is 7.41. The van der Waals surface area contributed by atoms with E-state index < -0.39 is 8.07 Å². The molecule has 2 rings (SSSR count). The van der Waals surface area contributed by atoms with E-state index >= 15 is 0 Å². The predicted octanol–water partition coefficient (Wildman–Crippen LogP) is 3.38. The molecule has 1 aliphatic rings.